The summed E-state index contributed by atoms with van der Waals surface area (Å²) in [7, 11) is 6.28. The van der Waals surface area contributed by atoms with E-state index in [1.807, 2.05) is 28.9 Å². The van der Waals surface area contributed by atoms with Crippen molar-refractivity contribution in [3.05, 3.63) is 95.2 Å². The van der Waals surface area contributed by atoms with Crippen LogP contribution in [0.5, 0.6) is 11.6 Å². The van der Waals surface area contributed by atoms with Gasteiger partial charge in [-0.1, -0.05) is 36.4 Å². The third-order valence-corrected chi connectivity index (χ3v) is 9.33. The first-order valence-electron chi connectivity index (χ1n) is 17.2. The zero-order valence-corrected chi connectivity index (χ0v) is 29.8. The van der Waals surface area contributed by atoms with Crippen molar-refractivity contribution in [3.63, 3.8) is 0 Å². The van der Waals surface area contributed by atoms with Gasteiger partial charge in [-0.15, -0.1) is 12.4 Å². The van der Waals surface area contributed by atoms with Crippen LogP contribution >= 0.6 is 12.4 Å². The van der Waals surface area contributed by atoms with Gasteiger partial charge in [-0.3, -0.25) is 14.3 Å². The first-order chi connectivity index (χ1) is 23.7. The average molecular weight is 704 g/mol. The van der Waals surface area contributed by atoms with Gasteiger partial charge in [0.25, 0.3) is 11.8 Å². The van der Waals surface area contributed by atoms with E-state index in [-0.39, 0.29) is 41.8 Å². The Balaban J connectivity index is 0.00000486. The molecule has 1 aliphatic carbocycles. The number of hydrogen-bond acceptors (Lipinski definition) is 7. The molecule has 0 radical (unpaired) electrons. The van der Waals surface area contributed by atoms with E-state index in [9.17, 15) is 14.0 Å². The minimum absolute atomic E-state index is 0. The number of benzene rings is 2. The normalized spacial score (nSPS) is 17.2. The van der Waals surface area contributed by atoms with Gasteiger partial charge >= 0.3 is 0 Å². The van der Waals surface area contributed by atoms with Crippen molar-refractivity contribution in [3.8, 4) is 22.8 Å². The number of nitrogens with zero attached hydrogens (tertiary/aromatic N) is 5. The van der Waals surface area contributed by atoms with Crippen LogP contribution < -0.4 is 15.4 Å². The smallest absolute Gasteiger partial charge is 0.272 e. The topological polar surface area (TPSA) is 105 Å². The summed E-state index contributed by atoms with van der Waals surface area (Å²) >= 11 is 0. The number of rotatable bonds is 12. The third kappa shape index (κ3) is 9.68. The second kappa shape index (κ2) is 17.1. The summed E-state index contributed by atoms with van der Waals surface area (Å²) in [6.07, 6.45) is 7.02. The van der Waals surface area contributed by atoms with Crippen molar-refractivity contribution in [2.45, 2.75) is 70.1 Å². The van der Waals surface area contributed by atoms with Crippen molar-refractivity contribution in [2.75, 3.05) is 34.2 Å². The Morgan fingerprint density at radius 2 is 1.62 bits per heavy atom. The Hall–Kier alpha value is -4.32. The zero-order chi connectivity index (χ0) is 34.3. The van der Waals surface area contributed by atoms with Gasteiger partial charge in [-0.2, -0.15) is 5.10 Å². The molecule has 1 fully saturated rings. The van der Waals surface area contributed by atoms with Gasteiger partial charge in [0.2, 0.25) is 5.88 Å². The lowest BCUT2D eigenvalue weighted by Crippen LogP contribution is -2.44. The molecule has 0 bridgehead atoms. The van der Waals surface area contributed by atoms with Gasteiger partial charge in [-0.25, -0.2) is 9.37 Å². The number of hydrogen-bond donors (Lipinski definition) is 2. The van der Waals surface area contributed by atoms with E-state index >= 15 is 0 Å². The first kappa shape index (κ1) is 36.9. The molecule has 10 nitrogen and oxygen atoms in total. The van der Waals surface area contributed by atoms with Gasteiger partial charge < -0.3 is 25.2 Å². The van der Waals surface area contributed by atoms with E-state index in [0.29, 0.717) is 24.3 Å². The van der Waals surface area contributed by atoms with E-state index in [1.54, 1.807) is 6.07 Å². The maximum atomic E-state index is 14.3. The van der Waals surface area contributed by atoms with Crippen LogP contribution in [0.1, 0.15) is 70.6 Å². The number of aromatic nitrogens is 3. The van der Waals surface area contributed by atoms with Crippen molar-refractivity contribution in [1.82, 2.24) is 35.2 Å². The fraction of sp³-hybridized carbons (Fsp3) is 0.421. The largest absolute Gasteiger partial charge is 0.438 e. The van der Waals surface area contributed by atoms with Crippen LogP contribution in [0.25, 0.3) is 11.1 Å². The lowest BCUT2D eigenvalue weighted by atomic mass is 9.91. The number of carbonyl (C=O) groups excluding carboxylic acids is 2. The average Bonchev–Trinajstić information content (AvgIpc) is 3.54. The van der Waals surface area contributed by atoms with Crippen LogP contribution in [0.4, 0.5) is 4.39 Å². The second-order valence-corrected chi connectivity index (χ2v) is 13.6. The maximum Gasteiger partial charge on any atom is 0.272 e. The number of pyridine rings is 1. The summed E-state index contributed by atoms with van der Waals surface area (Å²) < 4.78 is 22.4. The highest BCUT2D eigenvalue weighted by molar-refractivity contribution is 5.96. The summed E-state index contributed by atoms with van der Waals surface area (Å²) in [6, 6.07) is 19.0. The van der Waals surface area contributed by atoms with Crippen molar-refractivity contribution in [1.29, 1.82) is 0 Å². The van der Waals surface area contributed by atoms with E-state index in [0.717, 1.165) is 87.4 Å². The number of likely N-dealkylation sites (N-methyl/N-ethyl adjacent to an activating group) is 2. The van der Waals surface area contributed by atoms with Gasteiger partial charge in [0.1, 0.15) is 22.8 Å². The quantitative estimate of drug-likeness (QED) is 0.184. The Labute approximate surface area is 299 Å². The van der Waals surface area contributed by atoms with E-state index in [2.05, 4.69) is 75.9 Å². The van der Waals surface area contributed by atoms with Crippen molar-refractivity contribution >= 4 is 24.2 Å². The predicted octanol–water partition coefficient (Wildman–Crippen LogP) is 6.10. The van der Waals surface area contributed by atoms with Gasteiger partial charge in [0.15, 0.2) is 0 Å². The predicted molar refractivity (Wildman–Crippen MR) is 194 cm³/mol. The van der Waals surface area contributed by atoms with Crippen LogP contribution in [0.3, 0.4) is 0 Å². The monoisotopic (exact) mass is 703 g/mol. The standard InChI is InChI=1S/C38H46FN7O3.ClH/c1-44(2)19-20-45(3)25-26-10-12-27(13-11-26)28-7-6-9-33(21-28)49-38-34(22-29(39)24-40-38)36(47)41-30-14-16-31(17-15-30)42-37(48)35-23-32-8-4-5-18-46(32)43-35;/h6-7,9-13,21-24,30-31H,4-5,8,14-20,25H2,1-3H3,(H,41,47)(H,42,48);1H. The minimum Gasteiger partial charge on any atom is -0.438 e. The van der Waals surface area contributed by atoms with E-state index in [1.165, 1.54) is 5.56 Å². The lowest BCUT2D eigenvalue weighted by Gasteiger charge is -2.29. The Morgan fingerprint density at radius 3 is 2.32 bits per heavy atom. The molecule has 0 saturated heterocycles. The molecule has 0 atom stereocenters. The highest BCUT2D eigenvalue weighted by atomic mass is 35.5. The Kier molecular flexibility index (Phi) is 12.6. The number of carbonyl (C=O) groups is 2. The summed E-state index contributed by atoms with van der Waals surface area (Å²) in [4.78, 5) is 34.9. The van der Waals surface area contributed by atoms with Crippen LogP contribution in [0, 0.1) is 5.82 Å². The van der Waals surface area contributed by atoms with Crippen LogP contribution in [0.15, 0.2) is 66.9 Å². The van der Waals surface area contributed by atoms with Crippen molar-refractivity contribution in [2.24, 2.45) is 0 Å². The number of fused-ring (bicyclic) bond motifs is 1. The molecule has 12 heteroatoms. The van der Waals surface area contributed by atoms with E-state index < -0.39 is 11.7 Å². The third-order valence-electron chi connectivity index (χ3n) is 9.33. The molecule has 2 aliphatic rings. The SMILES string of the molecule is CN(C)CCN(C)Cc1ccc(-c2cccc(Oc3ncc(F)cc3C(=O)NC3CCC(NC(=O)c4cc5n(n4)CCCC5)CC3)c2)cc1.Cl. The number of ether oxygens (including phenoxy) is 1. The highest BCUT2D eigenvalue weighted by Gasteiger charge is 2.27. The number of amides is 2. The molecule has 6 rings (SSSR count). The van der Waals surface area contributed by atoms with Crippen LogP contribution in [-0.4, -0.2) is 82.7 Å². The van der Waals surface area contributed by atoms with Gasteiger partial charge in [-0.05, 0) is 107 Å². The molecule has 2 aromatic heterocycles. The molecule has 4 aromatic rings. The van der Waals surface area contributed by atoms with Gasteiger partial charge in [0, 0.05) is 44.0 Å². The maximum absolute atomic E-state index is 14.3. The van der Waals surface area contributed by atoms with Crippen LogP contribution in [0.2, 0.25) is 0 Å². The summed E-state index contributed by atoms with van der Waals surface area (Å²) in [5.74, 6) is -0.683. The molecule has 2 N–H and O–H groups in total. The number of halogens is 2. The molecular formula is C38H47ClFN7O3. The summed E-state index contributed by atoms with van der Waals surface area (Å²) in [5, 5.41) is 10.6. The number of nitrogens with one attached hydrogen (secondary N) is 2. The minimum atomic E-state index is -0.619. The first-order valence-corrected chi connectivity index (χ1v) is 17.2. The summed E-state index contributed by atoms with van der Waals surface area (Å²) in [6.45, 7) is 3.72. The Bertz CT molecular complexity index is 1730. The molecule has 266 valence electrons. The second-order valence-electron chi connectivity index (χ2n) is 13.6. The lowest BCUT2D eigenvalue weighted by molar-refractivity contribution is 0.0887. The molecular weight excluding hydrogens is 657 g/mol. The molecule has 2 amide bonds. The molecule has 1 aliphatic heterocycles. The molecule has 3 heterocycles. The fourth-order valence-corrected chi connectivity index (χ4v) is 6.52. The number of aryl methyl sites for hydroxylation is 2. The molecule has 0 unspecified atom stereocenters. The molecule has 50 heavy (non-hydrogen) atoms. The summed E-state index contributed by atoms with van der Waals surface area (Å²) in [5.41, 5.74) is 4.84. The van der Waals surface area contributed by atoms with E-state index in [4.69, 9.17) is 4.74 Å². The zero-order valence-electron chi connectivity index (χ0n) is 29.0. The fourth-order valence-electron chi connectivity index (χ4n) is 6.52. The molecule has 2 aromatic carbocycles. The Morgan fingerprint density at radius 1 is 0.900 bits per heavy atom. The highest BCUT2D eigenvalue weighted by Crippen LogP contribution is 2.29. The van der Waals surface area contributed by atoms with Crippen molar-refractivity contribution < 1.29 is 18.7 Å². The molecule has 1 saturated carbocycles. The van der Waals surface area contributed by atoms with Crippen LogP contribution in [-0.2, 0) is 19.5 Å². The van der Waals surface area contributed by atoms with Gasteiger partial charge in [0.05, 0.1) is 6.20 Å². The molecule has 0 spiro atoms.